The number of hydrogen-bond acceptors (Lipinski definition) is 3. The Bertz CT molecular complexity index is 793. The lowest BCUT2D eigenvalue weighted by molar-refractivity contribution is -0.142. The third-order valence-corrected chi connectivity index (χ3v) is 5.00. The molecular formula is C13H12F4N2O2S. The van der Waals surface area contributed by atoms with Crippen molar-refractivity contribution in [2.45, 2.75) is 29.4 Å². The van der Waals surface area contributed by atoms with Gasteiger partial charge >= 0.3 is 6.18 Å². The Morgan fingerprint density at radius 2 is 1.73 bits per heavy atom. The Morgan fingerprint density at radius 1 is 1.18 bits per heavy atom. The summed E-state index contributed by atoms with van der Waals surface area (Å²) in [4.78, 5) is -0.291. The average Bonchev–Trinajstić information content (AvgIpc) is 2.76. The lowest BCUT2D eigenvalue weighted by Gasteiger charge is -2.08. The van der Waals surface area contributed by atoms with Crippen molar-refractivity contribution in [3.63, 3.8) is 0 Å². The molecular weight excluding hydrogens is 324 g/mol. The maximum Gasteiger partial charge on any atom is 0.435 e. The summed E-state index contributed by atoms with van der Waals surface area (Å²) in [5.41, 5.74) is -1.63. The molecule has 0 aliphatic rings. The van der Waals surface area contributed by atoms with Crippen LogP contribution in [-0.4, -0.2) is 18.2 Å². The van der Waals surface area contributed by atoms with Gasteiger partial charge in [-0.2, -0.15) is 18.3 Å². The molecule has 1 aromatic heterocycles. The molecule has 0 radical (unpaired) electrons. The number of hydrogen-bond donors (Lipinski definition) is 0. The van der Waals surface area contributed by atoms with Gasteiger partial charge in [0, 0.05) is 12.6 Å². The molecule has 2 rings (SSSR count). The standard InChI is InChI=1S/C13H12F4N2O2S/c1-3-10-11(13(15,16)17)18-19(2)12(10)22(20,21)9-6-4-8(14)5-7-9/h4-7H,3H2,1-2H3. The van der Waals surface area contributed by atoms with E-state index in [1.165, 1.54) is 6.92 Å². The molecule has 0 aliphatic heterocycles. The van der Waals surface area contributed by atoms with E-state index in [1.807, 2.05) is 0 Å². The van der Waals surface area contributed by atoms with Crippen LogP contribution in [0.4, 0.5) is 17.6 Å². The van der Waals surface area contributed by atoms with Crippen LogP contribution in [0.1, 0.15) is 18.2 Å². The first-order chi connectivity index (χ1) is 10.1. The van der Waals surface area contributed by atoms with Gasteiger partial charge < -0.3 is 0 Å². The topological polar surface area (TPSA) is 52.0 Å². The van der Waals surface area contributed by atoms with Gasteiger partial charge in [-0.05, 0) is 30.7 Å². The van der Waals surface area contributed by atoms with E-state index in [9.17, 15) is 26.0 Å². The van der Waals surface area contributed by atoms with Gasteiger partial charge in [0.2, 0.25) is 9.84 Å². The van der Waals surface area contributed by atoms with Crippen LogP contribution in [-0.2, 0) is 29.5 Å². The highest BCUT2D eigenvalue weighted by molar-refractivity contribution is 7.91. The van der Waals surface area contributed by atoms with E-state index < -0.39 is 38.1 Å². The highest BCUT2D eigenvalue weighted by Gasteiger charge is 2.40. The van der Waals surface area contributed by atoms with Crippen molar-refractivity contribution in [2.75, 3.05) is 0 Å². The first-order valence-electron chi connectivity index (χ1n) is 6.22. The van der Waals surface area contributed by atoms with E-state index in [4.69, 9.17) is 0 Å². The van der Waals surface area contributed by atoms with Crippen molar-refractivity contribution in [3.8, 4) is 0 Å². The van der Waals surface area contributed by atoms with E-state index in [0.29, 0.717) is 4.68 Å². The minimum atomic E-state index is -4.75. The highest BCUT2D eigenvalue weighted by Crippen LogP contribution is 2.35. The Balaban J connectivity index is 2.71. The number of sulfone groups is 1. The predicted molar refractivity (Wildman–Crippen MR) is 69.4 cm³/mol. The van der Waals surface area contributed by atoms with Gasteiger partial charge in [0.15, 0.2) is 10.7 Å². The zero-order valence-corrected chi connectivity index (χ0v) is 12.5. The van der Waals surface area contributed by atoms with E-state index in [0.717, 1.165) is 31.3 Å². The first kappa shape index (κ1) is 16.5. The third kappa shape index (κ3) is 2.72. The highest BCUT2D eigenvalue weighted by atomic mass is 32.2. The SMILES string of the molecule is CCc1c(C(F)(F)F)nn(C)c1S(=O)(=O)c1ccc(F)cc1. The molecule has 0 unspecified atom stereocenters. The second kappa shape index (κ2) is 5.38. The molecule has 0 spiro atoms. The van der Waals surface area contributed by atoms with Gasteiger partial charge in [-0.3, -0.25) is 4.68 Å². The third-order valence-electron chi connectivity index (χ3n) is 3.09. The van der Waals surface area contributed by atoms with E-state index in [-0.39, 0.29) is 11.3 Å². The van der Waals surface area contributed by atoms with Crippen LogP contribution in [0.2, 0.25) is 0 Å². The van der Waals surface area contributed by atoms with Crippen LogP contribution < -0.4 is 0 Å². The Labute approximate surface area is 124 Å². The number of aryl methyl sites for hydroxylation is 1. The molecule has 1 aromatic carbocycles. The van der Waals surface area contributed by atoms with Crippen LogP contribution in [0.15, 0.2) is 34.2 Å². The van der Waals surface area contributed by atoms with Crippen molar-refractivity contribution < 1.29 is 26.0 Å². The van der Waals surface area contributed by atoms with Gasteiger partial charge in [0.25, 0.3) is 0 Å². The average molecular weight is 336 g/mol. The lowest BCUT2D eigenvalue weighted by Crippen LogP contribution is -2.11. The lowest BCUT2D eigenvalue weighted by atomic mass is 10.2. The maximum atomic E-state index is 13.0. The van der Waals surface area contributed by atoms with Crippen LogP contribution in [0.3, 0.4) is 0 Å². The summed E-state index contributed by atoms with van der Waals surface area (Å²) >= 11 is 0. The molecule has 0 N–H and O–H groups in total. The van der Waals surface area contributed by atoms with Crippen molar-refractivity contribution in [2.24, 2.45) is 7.05 Å². The normalized spacial score (nSPS) is 12.6. The summed E-state index contributed by atoms with van der Waals surface area (Å²) in [7, 11) is -3.11. The monoisotopic (exact) mass is 336 g/mol. The molecule has 0 aliphatic carbocycles. The summed E-state index contributed by atoms with van der Waals surface area (Å²) in [6.45, 7) is 1.41. The van der Waals surface area contributed by atoms with Crippen molar-refractivity contribution in [1.82, 2.24) is 9.78 Å². The molecule has 0 fully saturated rings. The van der Waals surface area contributed by atoms with Crippen LogP contribution >= 0.6 is 0 Å². The van der Waals surface area contributed by atoms with Gasteiger partial charge in [-0.15, -0.1) is 0 Å². The molecule has 9 heteroatoms. The number of halogens is 4. The predicted octanol–water partition coefficient (Wildman–Crippen LogP) is 2.97. The molecule has 120 valence electrons. The van der Waals surface area contributed by atoms with Crippen LogP contribution in [0, 0.1) is 5.82 Å². The smallest absolute Gasteiger partial charge is 0.256 e. The van der Waals surface area contributed by atoms with Crippen LogP contribution in [0.5, 0.6) is 0 Å². The van der Waals surface area contributed by atoms with E-state index in [1.54, 1.807) is 0 Å². The molecule has 0 atom stereocenters. The molecule has 0 saturated heterocycles. The van der Waals surface area contributed by atoms with Crippen molar-refractivity contribution in [3.05, 3.63) is 41.3 Å². The fraction of sp³-hybridized carbons (Fsp3) is 0.308. The summed E-state index contributed by atoms with van der Waals surface area (Å²) in [5.74, 6) is -0.643. The van der Waals surface area contributed by atoms with Crippen molar-refractivity contribution in [1.29, 1.82) is 0 Å². The Hall–Kier alpha value is -1.90. The van der Waals surface area contributed by atoms with Gasteiger partial charge in [-0.1, -0.05) is 6.92 Å². The summed E-state index contributed by atoms with van der Waals surface area (Å²) in [6.07, 6.45) is -4.90. The Morgan fingerprint density at radius 3 is 2.18 bits per heavy atom. The molecule has 0 saturated carbocycles. The number of aromatic nitrogens is 2. The zero-order chi connectivity index (χ0) is 16.7. The quantitative estimate of drug-likeness (QED) is 0.640. The molecule has 4 nitrogen and oxygen atoms in total. The zero-order valence-electron chi connectivity index (χ0n) is 11.6. The fourth-order valence-electron chi connectivity index (χ4n) is 2.16. The summed E-state index contributed by atoms with van der Waals surface area (Å²) in [6, 6.07) is 3.87. The number of nitrogens with zero attached hydrogens (tertiary/aromatic N) is 2. The largest absolute Gasteiger partial charge is 0.435 e. The minimum Gasteiger partial charge on any atom is -0.256 e. The minimum absolute atomic E-state index is 0.154. The maximum absolute atomic E-state index is 13.0. The van der Waals surface area contributed by atoms with Gasteiger partial charge in [0.05, 0.1) is 4.90 Å². The first-order valence-corrected chi connectivity index (χ1v) is 7.71. The summed E-state index contributed by atoms with van der Waals surface area (Å²) in [5, 5.41) is 2.77. The Kier molecular flexibility index (Phi) is 4.03. The fourth-order valence-corrected chi connectivity index (χ4v) is 3.83. The van der Waals surface area contributed by atoms with Gasteiger partial charge in [0.1, 0.15) is 5.82 Å². The van der Waals surface area contributed by atoms with E-state index in [2.05, 4.69) is 5.10 Å². The number of alkyl halides is 3. The van der Waals surface area contributed by atoms with Gasteiger partial charge in [-0.25, -0.2) is 12.8 Å². The second-order valence-electron chi connectivity index (χ2n) is 4.56. The van der Waals surface area contributed by atoms with Crippen molar-refractivity contribution >= 4 is 9.84 Å². The molecule has 2 aromatic rings. The number of benzene rings is 1. The molecule has 0 bridgehead atoms. The molecule has 0 amide bonds. The molecule has 22 heavy (non-hydrogen) atoms. The molecule has 1 heterocycles. The number of rotatable bonds is 3. The van der Waals surface area contributed by atoms with Crippen LogP contribution in [0.25, 0.3) is 0 Å². The second-order valence-corrected chi connectivity index (χ2v) is 6.43. The van der Waals surface area contributed by atoms with E-state index >= 15 is 0 Å². The summed E-state index contributed by atoms with van der Waals surface area (Å²) < 4.78 is 77.5.